The van der Waals surface area contributed by atoms with Gasteiger partial charge in [-0.15, -0.1) is 0 Å². The molecule has 0 fully saturated rings. The van der Waals surface area contributed by atoms with E-state index in [9.17, 15) is 22.9 Å². The molecular weight excluding hydrogens is 429 g/mol. The van der Waals surface area contributed by atoms with Crippen molar-refractivity contribution in [3.8, 4) is 0 Å². The number of nitro groups is 1. The van der Waals surface area contributed by atoms with Crippen LogP contribution in [0, 0.1) is 15.9 Å². The van der Waals surface area contributed by atoms with Crippen molar-refractivity contribution >= 4 is 31.6 Å². The number of halogens is 2. The van der Waals surface area contributed by atoms with Crippen molar-refractivity contribution in [3.05, 3.63) is 68.4 Å². The number of nitrogens with two attached hydrogens (primary N) is 1. The first-order chi connectivity index (χ1) is 12.2. The van der Waals surface area contributed by atoms with Crippen molar-refractivity contribution in [2.24, 2.45) is 5.73 Å². The number of hydrogen-bond acceptors (Lipinski definition) is 5. The largest absolute Gasteiger partial charge is 0.323 e. The summed E-state index contributed by atoms with van der Waals surface area (Å²) in [7, 11) is -3.87. The summed E-state index contributed by atoms with van der Waals surface area (Å²) in [6.45, 7) is 1.81. The second-order valence-electron chi connectivity index (χ2n) is 5.49. The average molecular weight is 446 g/mol. The van der Waals surface area contributed by atoms with E-state index in [1.807, 2.05) is 0 Å². The van der Waals surface area contributed by atoms with Crippen molar-refractivity contribution in [1.29, 1.82) is 0 Å². The molecule has 0 amide bonds. The number of sulfonamides is 1. The van der Waals surface area contributed by atoms with Crippen LogP contribution in [0.3, 0.4) is 0 Å². The third kappa shape index (κ3) is 4.44. The summed E-state index contributed by atoms with van der Waals surface area (Å²) in [6.07, 6.45) is 0. The summed E-state index contributed by atoms with van der Waals surface area (Å²) in [5.74, 6) is -0.438. The normalized spacial score (nSPS) is 13.0. The first-order valence-corrected chi connectivity index (χ1v) is 9.85. The fourth-order valence-corrected chi connectivity index (χ4v) is 4.23. The Bertz CT molecular complexity index is 906. The first kappa shape index (κ1) is 20.4. The Morgan fingerprint density at radius 1 is 1.27 bits per heavy atom. The second kappa shape index (κ2) is 8.21. The van der Waals surface area contributed by atoms with Gasteiger partial charge in [0.05, 0.1) is 14.3 Å². The Balaban J connectivity index is 2.25. The molecule has 1 atom stereocenters. The SMILES string of the molecule is CCN(C[C@H](N)c1ccc(F)c(Br)c1)S(=O)(=O)c1ccc([N+](=O)[O-])cc1. The zero-order valence-electron chi connectivity index (χ0n) is 13.8. The molecule has 26 heavy (non-hydrogen) atoms. The van der Waals surface area contributed by atoms with Gasteiger partial charge in [-0.3, -0.25) is 10.1 Å². The number of non-ortho nitro benzene ring substituents is 1. The zero-order chi connectivity index (χ0) is 19.5. The summed E-state index contributed by atoms with van der Waals surface area (Å²) in [6, 6.07) is 8.24. The Labute approximate surface area is 158 Å². The molecule has 0 radical (unpaired) electrons. The number of nitro benzene ring substituents is 1. The lowest BCUT2D eigenvalue weighted by Gasteiger charge is -2.24. The summed E-state index contributed by atoms with van der Waals surface area (Å²) >= 11 is 3.07. The maximum atomic E-state index is 13.3. The second-order valence-corrected chi connectivity index (χ2v) is 8.28. The minimum atomic E-state index is -3.87. The number of rotatable bonds is 7. The van der Waals surface area contributed by atoms with Gasteiger partial charge in [0.2, 0.25) is 10.0 Å². The van der Waals surface area contributed by atoms with E-state index in [0.29, 0.717) is 5.56 Å². The van der Waals surface area contributed by atoms with Gasteiger partial charge in [0.25, 0.3) is 5.69 Å². The minimum Gasteiger partial charge on any atom is -0.323 e. The number of hydrogen-bond donors (Lipinski definition) is 1. The Kier molecular flexibility index (Phi) is 6.45. The minimum absolute atomic E-state index is 0.0199. The highest BCUT2D eigenvalue weighted by molar-refractivity contribution is 9.10. The standard InChI is InChI=1S/C16H17BrFN3O4S/c1-2-20(10-16(19)11-3-8-15(18)14(17)9-11)26(24,25)13-6-4-12(5-7-13)21(22)23/h3-9,16H,2,10,19H2,1H3/t16-/m0/s1. The smallest absolute Gasteiger partial charge is 0.269 e. The topological polar surface area (TPSA) is 107 Å². The predicted octanol–water partition coefficient (Wildman–Crippen LogP) is 3.21. The van der Waals surface area contributed by atoms with Crippen molar-refractivity contribution in [2.75, 3.05) is 13.1 Å². The molecular formula is C16H17BrFN3O4S. The molecule has 2 rings (SSSR count). The van der Waals surface area contributed by atoms with E-state index in [2.05, 4.69) is 15.9 Å². The van der Waals surface area contributed by atoms with E-state index in [1.165, 1.54) is 34.6 Å². The molecule has 0 unspecified atom stereocenters. The van der Waals surface area contributed by atoms with Crippen LogP contribution in [0.2, 0.25) is 0 Å². The Morgan fingerprint density at radius 2 is 1.88 bits per heavy atom. The molecule has 0 spiro atoms. The van der Waals surface area contributed by atoms with Gasteiger partial charge in [-0.2, -0.15) is 4.31 Å². The molecule has 10 heteroatoms. The van der Waals surface area contributed by atoms with Gasteiger partial charge in [0.15, 0.2) is 0 Å². The Hall–Kier alpha value is -1.88. The highest BCUT2D eigenvalue weighted by atomic mass is 79.9. The molecule has 0 saturated carbocycles. The molecule has 0 aliphatic heterocycles. The van der Waals surface area contributed by atoms with Gasteiger partial charge in [-0.1, -0.05) is 13.0 Å². The average Bonchev–Trinajstić information content (AvgIpc) is 2.61. The molecule has 140 valence electrons. The zero-order valence-corrected chi connectivity index (χ0v) is 16.2. The summed E-state index contributed by atoms with van der Waals surface area (Å²) in [5.41, 5.74) is 6.48. The molecule has 0 heterocycles. The monoisotopic (exact) mass is 445 g/mol. The van der Waals surface area contributed by atoms with Crippen LogP contribution < -0.4 is 5.73 Å². The Morgan fingerprint density at radius 3 is 2.38 bits per heavy atom. The quantitative estimate of drug-likeness (QED) is 0.519. The molecule has 7 nitrogen and oxygen atoms in total. The first-order valence-electron chi connectivity index (χ1n) is 7.62. The van der Waals surface area contributed by atoms with E-state index in [1.54, 1.807) is 6.92 Å². The molecule has 2 aromatic carbocycles. The number of benzene rings is 2. The third-order valence-electron chi connectivity index (χ3n) is 3.81. The molecule has 0 aliphatic rings. The summed E-state index contributed by atoms with van der Waals surface area (Å²) < 4.78 is 40.3. The molecule has 0 aliphatic carbocycles. The summed E-state index contributed by atoms with van der Waals surface area (Å²) in [4.78, 5) is 10.0. The lowest BCUT2D eigenvalue weighted by atomic mass is 10.1. The third-order valence-corrected chi connectivity index (χ3v) is 6.37. The van der Waals surface area contributed by atoms with E-state index in [4.69, 9.17) is 5.73 Å². The number of likely N-dealkylation sites (N-methyl/N-ethyl adjacent to an activating group) is 1. The maximum absolute atomic E-state index is 13.3. The van der Waals surface area contributed by atoms with Gasteiger partial charge in [-0.25, -0.2) is 12.8 Å². The van der Waals surface area contributed by atoms with E-state index in [0.717, 1.165) is 12.1 Å². The highest BCUT2D eigenvalue weighted by Gasteiger charge is 2.26. The molecule has 0 bridgehead atoms. The van der Waals surface area contributed by atoms with Gasteiger partial charge in [-0.05, 0) is 45.8 Å². The van der Waals surface area contributed by atoms with E-state index < -0.39 is 26.8 Å². The van der Waals surface area contributed by atoms with Crippen molar-refractivity contribution < 1.29 is 17.7 Å². The highest BCUT2D eigenvalue weighted by Crippen LogP contribution is 2.24. The van der Waals surface area contributed by atoms with E-state index in [-0.39, 0.29) is 28.1 Å². The van der Waals surface area contributed by atoms with Crippen LogP contribution in [-0.2, 0) is 10.0 Å². The molecule has 2 aromatic rings. The van der Waals surface area contributed by atoms with Crippen molar-refractivity contribution in [1.82, 2.24) is 4.31 Å². The van der Waals surface area contributed by atoms with Crippen LogP contribution in [0.1, 0.15) is 18.5 Å². The maximum Gasteiger partial charge on any atom is 0.269 e. The van der Waals surface area contributed by atoms with Gasteiger partial charge in [0.1, 0.15) is 5.82 Å². The van der Waals surface area contributed by atoms with Gasteiger partial charge >= 0.3 is 0 Å². The van der Waals surface area contributed by atoms with Crippen LogP contribution in [0.25, 0.3) is 0 Å². The predicted molar refractivity (Wildman–Crippen MR) is 98.6 cm³/mol. The van der Waals surface area contributed by atoms with Crippen LogP contribution >= 0.6 is 15.9 Å². The summed E-state index contributed by atoms with van der Waals surface area (Å²) in [5, 5.41) is 10.7. The molecule has 0 saturated heterocycles. The van der Waals surface area contributed by atoms with Crippen LogP contribution in [0.15, 0.2) is 51.8 Å². The fraction of sp³-hybridized carbons (Fsp3) is 0.250. The van der Waals surface area contributed by atoms with Crippen molar-refractivity contribution in [2.45, 2.75) is 17.9 Å². The van der Waals surface area contributed by atoms with Gasteiger partial charge in [0, 0.05) is 31.3 Å². The van der Waals surface area contributed by atoms with Crippen LogP contribution in [-0.4, -0.2) is 30.7 Å². The fourth-order valence-electron chi connectivity index (χ4n) is 2.35. The van der Waals surface area contributed by atoms with E-state index >= 15 is 0 Å². The lowest BCUT2D eigenvalue weighted by Crippen LogP contribution is -2.37. The lowest BCUT2D eigenvalue weighted by molar-refractivity contribution is -0.384. The van der Waals surface area contributed by atoms with Crippen molar-refractivity contribution in [3.63, 3.8) is 0 Å². The van der Waals surface area contributed by atoms with Crippen LogP contribution in [0.5, 0.6) is 0 Å². The van der Waals surface area contributed by atoms with Crippen LogP contribution in [0.4, 0.5) is 10.1 Å². The molecule has 2 N–H and O–H groups in total. The molecule has 0 aromatic heterocycles. The van der Waals surface area contributed by atoms with Gasteiger partial charge < -0.3 is 5.73 Å². The number of nitrogens with zero attached hydrogens (tertiary/aromatic N) is 2.